The minimum Gasteiger partial charge on any atom is -0.480 e. The summed E-state index contributed by atoms with van der Waals surface area (Å²) in [4.78, 5) is 28.8. The predicted octanol–water partition coefficient (Wildman–Crippen LogP) is 3.39. The Labute approximate surface area is 136 Å². The summed E-state index contributed by atoms with van der Waals surface area (Å²) in [6, 6.07) is 5.10. The first kappa shape index (κ1) is 15.4. The fourth-order valence-electron chi connectivity index (χ4n) is 2.65. The van der Waals surface area contributed by atoms with Crippen LogP contribution in [0.2, 0.25) is 0 Å². The van der Waals surface area contributed by atoms with Gasteiger partial charge in [-0.3, -0.25) is 9.36 Å². The number of carboxylic acid groups (broad SMARTS) is 1. The van der Waals surface area contributed by atoms with Gasteiger partial charge in [0.2, 0.25) is 0 Å². The maximum atomic E-state index is 12.8. The van der Waals surface area contributed by atoms with E-state index in [1.54, 1.807) is 0 Å². The molecule has 2 heterocycles. The van der Waals surface area contributed by atoms with Gasteiger partial charge in [0.15, 0.2) is 0 Å². The first-order chi connectivity index (χ1) is 10.9. The second kappa shape index (κ2) is 5.62. The van der Waals surface area contributed by atoms with Crippen LogP contribution in [0.5, 0.6) is 0 Å². The molecule has 0 aliphatic carbocycles. The third kappa shape index (κ3) is 2.55. The molecule has 5 nitrogen and oxygen atoms in total. The van der Waals surface area contributed by atoms with Crippen molar-refractivity contribution in [1.29, 1.82) is 0 Å². The molecule has 118 valence electrons. The van der Waals surface area contributed by atoms with Crippen LogP contribution in [-0.4, -0.2) is 20.6 Å². The molecule has 0 radical (unpaired) electrons. The lowest BCUT2D eigenvalue weighted by molar-refractivity contribution is -0.140. The van der Waals surface area contributed by atoms with Gasteiger partial charge in [0.25, 0.3) is 5.56 Å². The van der Waals surface area contributed by atoms with E-state index in [0.29, 0.717) is 10.2 Å². The number of aryl methyl sites for hydroxylation is 2. The highest BCUT2D eigenvalue weighted by molar-refractivity contribution is 7.17. The van der Waals surface area contributed by atoms with Gasteiger partial charge in [-0.25, -0.2) is 9.78 Å². The van der Waals surface area contributed by atoms with Crippen LogP contribution in [0.15, 0.2) is 34.7 Å². The Morgan fingerprint density at radius 1 is 1.30 bits per heavy atom. The van der Waals surface area contributed by atoms with Gasteiger partial charge < -0.3 is 5.11 Å². The van der Waals surface area contributed by atoms with E-state index in [0.717, 1.165) is 22.3 Å². The van der Waals surface area contributed by atoms with Crippen molar-refractivity contribution < 1.29 is 9.90 Å². The maximum Gasteiger partial charge on any atom is 0.326 e. The molecule has 23 heavy (non-hydrogen) atoms. The summed E-state index contributed by atoms with van der Waals surface area (Å²) in [5, 5.41) is 11.6. The van der Waals surface area contributed by atoms with E-state index in [1.165, 1.54) is 29.2 Å². The molecule has 0 saturated carbocycles. The fourth-order valence-corrected chi connectivity index (χ4v) is 3.55. The van der Waals surface area contributed by atoms with Crippen LogP contribution in [0.3, 0.4) is 0 Å². The van der Waals surface area contributed by atoms with Crippen LogP contribution in [0.25, 0.3) is 21.3 Å². The Kier molecular flexibility index (Phi) is 3.77. The summed E-state index contributed by atoms with van der Waals surface area (Å²) in [6.07, 6.45) is 1.31. The van der Waals surface area contributed by atoms with Gasteiger partial charge in [0, 0.05) is 10.9 Å². The van der Waals surface area contributed by atoms with Crippen molar-refractivity contribution in [3.63, 3.8) is 0 Å². The highest BCUT2D eigenvalue weighted by Gasteiger charge is 2.19. The van der Waals surface area contributed by atoms with Gasteiger partial charge in [-0.2, -0.15) is 0 Å². The van der Waals surface area contributed by atoms with Gasteiger partial charge in [0.05, 0.1) is 11.7 Å². The van der Waals surface area contributed by atoms with Gasteiger partial charge >= 0.3 is 5.97 Å². The van der Waals surface area contributed by atoms with Crippen LogP contribution in [0, 0.1) is 13.8 Å². The molecule has 1 aromatic carbocycles. The molecule has 3 aromatic rings. The lowest BCUT2D eigenvalue weighted by Crippen LogP contribution is -2.28. The van der Waals surface area contributed by atoms with E-state index in [2.05, 4.69) is 11.1 Å². The van der Waals surface area contributed by atoms with Crippen LogP contribution in [0.4, 0.5) is 0 Å². The van der Waals surface area contributed by atoms with E-state index in [1.807, 2.05) is 31.4 Å². The van der Waals surface area contributed by atoms with Crippen molar-refractivity contribution in [2.24, 2.45) is 0 Å². The van der Waals surface area contributed by atoms with Gasteiger partial charge in [-0.15, -0.1) is 11.3 Å². The molecule has 3 rings (SSSR count). The summed E-state index contributed by atoms with van der Waals surface area (Å²) in [7, 11) is 0. The molecule has 2 aromatic heterocycles. The largest absolute Gasteiger partial charge is 0.480 e. The molecule has 0 saturated heterocycles. The average Bonchev–Trinajstić information content (AvgIpc) is 2.91. The summed E-state index contributed by atoms with van der Waals surface area (Å²) in [5.74, 6) is -1.06. The number of thiophene rings is 1. The van der Waals surface area contributed by atoms with E-state index >= 15 is 0 Å². The number of fused-ring (bicyclic) bond motifs is 1. The minimum atomic E-state index is -1.06. The van der Waals surface area contributed by atoms with Crippen LogP contribution < -0.4 is 5.56 Å². The lowest BCUT2D eigenvalue weighted by Gasteiger charge is -2.11. The number of nitrogens with zero attached hydrogens (tertiary/aromatic N) is 2. The van der Waals surface area contributed by atoms with E-state index in [9.17, 15) is 9.59 Å². The molecule has 0 aliphatic heterocycles. The zero-order chi connectivity index (χ0) is 16.7. The third-order valence-electron chi connectivity index (χ3n) is 3.97. The monoisotopic (exact) mass is 328 g/mol. The second-order valence-electron chi connectivity index (χ2n) is 5.62. The standard InChI is InChI=1S/C17H16N2O3S/c1-9-4-5-12(10(2)6-9)13-7-23-15-14(13)16(20)19(8-18-15)11(3)17(21)22/h4-8,11H,1-3H3,(H,21,22)/t11-/m0/s1. The number of carboxylic acids is 1. The third-order valence-corrected chi connectivity index (χ3v) is 4.85. The molecule has 0 unspecified atom stereocenters. The quantitative estimate of drug-likeness (QED) is 0.800. The number of hydrogen-bond donors (Lipinski definition) is 1. The summed E-state index contributed by atoms with van der Waals surface area (Å²) in [6.45, 7) is 5.49. The Morgan fingerprint density at radius 2 is 2.04 bits per heavy atom. The van der Waals surface area contributed by atoms with Gasteiger partial charge in [0.1, 0.15) is 10.9 Å². The number of aromatic nitrogens is 2. The van der Waals surface area contributed by atoms with Crippen molar-refractivity contribution in [2.45, 2.75) is 26.8 Å². The zero-order valence-corrected chi connectivity index (χ0v) is 13.8. The smallest absolute Gasteiger partial charge is 0.326 e. The van der Waals surface area contributed by atoms with Gasteiger partial charge in [-0.05, 0) is 31.9 Å². The van der Waals surface area contributed by atoms with Crippen molar-refractivity contribution in [2.75, 3.05) is 0 Å². The predicted molar refractivity (Wildman–Crippen MR) is 91.1 cm³/mol. The SMILES string of the molecule is Cc1ccc(-c2csc3ncn([C@@H](C)C(=O)O)c(=O)c23)c(C)c1. The molecular weight excluding hydrogens is 312 g/mol. The normalized spacial score (nSPS) is 12.5. The fraction of sp³-hybridized carbons (Fsp3) is 0.235. The Balaban J connectivity index is 2.29. The van der Waals surface area contributed by atoms with Gasteiger partial charge in [-0.1, -0.05) is 23.8 Å². The molecule has 0 bridgehead atoms. The summed E-state index contributed by atoms with van der Waals surface area (Å²) >= 11 is 1.39. The lowest BCUT2D eigenvalue weighted by atomic mass is 9.99. The molecular formula is C17H16N2O3S. The minimum absolute atomic E-state index is 0.318. The number of carbonyl (C=O) groups is 1. The first-order valence-electron chi connectivity index (χ1n) is 7.19. The number of benzene rings is 1. The van der Waals surface area contributed by atoms with E-state index in [-0.39, 0.29) is 5.56 Å². The average molecular weight is 328 g/mol. The topological polar surface area (TPSA) is 72.2 Å². The Hall–Kier alpha value is -2.47. The van der Waals surface area contributed by atoms with E-state index < -0.39 is 12.0 Å². The van der Waals surface area contributed by atoms with Crippen molar-refractivity contribution in [3.8, 4) is 11.1 Å². The van der Waals surface area contributed by atoms with E-state index in [4.69, 9.17) is 5.11 Å². The Morgan fingerprint density at radius 3 is 2.70 bits per heavy atom. The molecule has 0 aliphatic rings. The van der Waals surface area contributed by atoms with Crippen molar-refractivity contribution >= 4 is 27.5 Å². The highest BCUT2D eigenvalue weighted by Crippen LogP contribution is 2.33. The first-order valence-corrected chi connectivity index (χ1v) is 8.07. The maximum absolute atomic E-state index is 12.8. The van der Waals surface area contributed by atoms with Crippen LogP contribution >= 0.6 is 11.3 Å². The molecule has 0 amide bonds. The number of rotatable bonds is 3. The Bertz CT molecular complexity index is 972. The van der Waals surface area contributed by atoms with Crippen LogP contribution in [0.1, 0.15) is 24.1 Å². The molecule has 6 heteroatoms. The number of hydrogen-bond acceptors (Lipinski definition) is 4. The molecule has 0 spiro atoms. The van der Waals surface area contributed by atoms with Crippen molar-refractivity contribution in [3.05, 3.63) is 51.4 Å². The molecule has 1 atom stereocenters. The molecule has 0 fully saturated rings. The molecule has 1 N–H and O–H groups in total. The second-order valence-corrected chi connectivity index (χ2v) is 6.48. The summed E-state index contributed by atoms with van der Waals surface area (Å²) < 4.78 is 1.17. The van der Waals surface area contributed by atoms with Crippen LogP contribution in [-0.2, 0) is 4.79 Å². The summed E-state index contributed by atoms with van der Waals surface area (Å²) in [5.41, 5.74) is 3.70. The highest BCUT2D eigenvalue weighted by atomic mass is 32.1. The zero-order valence-electron chi connectivity index (χ0n) is 13.0. The van der Waals surface area contributed by atoms with Crippen molar-refractivity contribution in [1.82, 2.24) is 9.55 Å². The number of aliphatic carboxylic acids is 1.